The van der Waals surface area contributed by atoms with Crippen molar-refractivity contribution in [2.45, 2.75) is 56.5 Å². The molecule has 6 rings (SSSR count). The lowest BCUT2D eigenvalue weighted by molar-refractivity contribution is -0.112. The summed E-state index contributed by atoms with van der Waals surface area (Å²) in [6.07, 6.45) is 7.47. The summed E-state index contributed by atoms with van der Waals surface area (Å²) in [7, 11) is 0. The van der Waals surface area contributed by atoms with Crippen LogP contribution in [0.4, 0.5) is 10.5 Å². The van der Waals surface area contributed by atoms with Crippen molar-refractivity contribution in [3.8, 4) is 6.07 Å². The maximum atomic E-state index is 12.8. The van der Waals surface area contributed by atoms with Crippen LogP contribution in [-0.2, 0) is 0 Å². The first-order valence-corrected chi connectivity index (χ1v) is 12.1. The molecule has 2 amide bonds. The Balaban J connectivity index is 1.14. The Bertz CT molecular complexity index is 1060. The number of rotatable bonds is 4. The Morgan fingerprint density at radius 3 is 2.38 bits per heavy atom. The zero-order valence-electron chi connectivity index (χ0n) is 18.5. The van der Waals surface area contributed by atoms with Gasteiger partial charge in [0.15, 0.2) is 0 Å². The van der Waals surface area contributed by atoms with E-state index in [1.165, 1.54) is 43.4 Å². The highest BCUT2D eigenvalue weighted by molar-refractivity contribution is 5.89. The van der Waals surface area contributed by atoms with Gasteiger partial charge in [-0.25, -0.2) is 4.79 Å². The molecule has 2 saturated carbocycles. The summed E-state index contributed by atoms with van der Waals surface area (Å²) in [5.74, 6) is 0.801. The molecule has 1 atom stereocenters. The molecule has 5 nitrogen and oxygen atoms in total. The number of urea groups is 1. The summed E-state index contributed by atoms with van der Waals surface area (Å²) >= 11 is 0. The average molecular weight is 427 g/mol. The lowest BCUT2D eigenvalue weighted by Gasteiger charge is -2.61. The van der Waals surface area contributed by atoms with E-state index in [2.05, 4.69) is 40.6 Å². The molecule has 164 valence electrons. The van der Waals surface area contributed by atoms with Gasteiger partial charge in [-0.15, -0.1) is 0 Å². The number of amides is 2. The third-order valence-electron chi connectivity index (χ3n) is 8.02. The van der Waals surface area contributed by atoms with Crippen LogP contribution >= 0.6 is 0 Å². The topological polar surface area (TPSA) is 59.4 Å². The Hall–Kier alpha value is -2.84. The predicted molar refractivity (Wildman–Crippen MR) is 124 cm³/mol. The van der Waals surface area contributed by atoms with Gasteiger partial charge in [0.05, 0.1) is 11.6 Å². The van der Waals surface area contributed by atoms with Gasteiger partial charge in [-0.05, 0) is 73.8 Å². The van der Waals surface area contributed by atoms with Crippen LogP contribution in [0.2, 0.25) is 0 Å². The van der Waals surface area contributed by atoms with Crippen LogP contribution in [-0.4, -0.2) is 41.5 Å². The van der Waals surface area contributed by atoms with Gasteiger partial charge in [-0.2, -0.15) is 5.26 Å². The largest absolute Gasteiger partial charge is 0.324 e. The molecule has 2 aromatic carbocycles. The van der Waals surface area contributed by atoms with Crippen LogP contribution in [0.1, 0.15) is 67.2 Å². The number of hydrogen-bond acceptors (Lipinski definition) is 3. The van der Waals surface area contributed by atoms with Crippen molar-refractivity contribution in [1.29, 1.82) is 5.26 Å². The van der Waals surface area contributed by atoms with Gasteiger partial charge in [0.2, 0.25) is 0 Å². The third kappa shape index (κ3) is 3.57. The Morgan fingerprint density at radius 2 is 1.72 bits per heavy atom. The number of nitriles is 1. The molecule has 32 heavy (non-hydrogen) atoms. The van der Waals surface area contributed by atoms with E-state index in [0.717, 1.165) is 37.9 Å². The molecule has 2 aliphatic carbocycles. The Labute approximate surface area is 190 Å². The molecule has 0 aromatic heterocycles. The molecular weight excluding hydrogens is 396 g/mol. The highest BCUT2D eigenvalue weighted by atomic mass is 16.2. The fourth-order valence-electron chi connectivity index (χ4n) is 5.89. The zero-order chi connectivity index (χ0) is 21.7. The van der Waals surface area contributed by atoms with E-state index < -0.39 is 0 Å². The molecule has 2 saturated heterocycles. The van der Waals surface area contributed by atoms with Crippen LogP contribution < -0.4 is 5.32 Å². The van der Waals surface area contributed by atoms with E-state index in [0.29, 0.717) is 22.7 Å². The molecule has 1 spiro atoms. The van der Waals surface area contributed by atoms with Crippen LogP contribution in [0, 0.1) is 16.7 Å². The van der Waals surface area contributed by atoms with E-state index in [1.807, 2.05) is 11.0 Å². The van der Waals surface area contributed by atoms with Crippen LogP contribution in [0.15, 0.2) is 48.5 Å². The van der Waals surface area contributed by atoms with E-state index >= 15 is 0 Å². The van der Waals surface area contributed by atoms with E-state index in [-0.39, 0.29) is 6.03 Å². The first-order chi connectivity index (χ1) is 15.6. The summed E-state index contributed by atoms with van der Waals surface area (Å²) in [5, 5.41) is 12.1. The second-order valence-corrected chi connectivity index (χ2v) is 10.2. The van der Waals surface area contributed by atoms with Gasteiger partial charge in [0.25, 0.3) is 0 Å². The number of benzene rings is 2. The zero-order valence-corrected chi connectivity index (χ0v) is 18.5. The van der Waals surface area contributed by atoms with Crippen molar-refractivity contribution in [2.24, 2.45) is 5.41 Å². The number of nitrogens with zero attached hydrogens (tertiary/aromatic N) is 3. The highest BCUT2D eigenvalue weighted by Crippen LogP contribution is 2.58. The SMILES string of the molecule is N#Cc1cccc(NC(=O)N2CCC3(CC2)CN(C2CC2)C3c2ccc(C3CC3)cc2)c1. The number of carbonyl (C=O) groups excluding carboxylic acids is 1. The standard InChI is InChI=1S/C27H30N4O/c28-17-19-2-1-3-23(16-19)29-26(32)30-14-12-27(13-15-30)18-31(24-10-11-24)25(27)22-8-6-21(7-9-22)20-4-5-20/h1-3,6-9,16,20,24-25H,4-5,10-15,18H2,(H,29,32). The number of likely N-dealkylation sites (tertiary alicyclic amines) is 2. The molecule has 4 aliphatic rings. The van der Waals surface area contributed by atoms with Gasteiger partial charge in [0.1, 0.15) is 0 Å². The van der Waals surface area contributed by atoms with Crippen molar-refractivity contribution < 1.29 is 4.79 Å². The number of piperidine rings is 1. The molecule has 2 heterocycles. The van der Waals surface area contributed by atoms with Crippen molar-refractivity contribution in [1.82, 2.24) is 9.80 Å². The summed E-state index contributed by atoms with van der Waals surface area (Å²) in [5.41, 5.74) is 4.52. The fraction of sp³-hybridized carbons (Fsp3) is 0.481. The third-order valence-corrected chi connectivity index (χ3v) is 8.02. The number of carbonyl (C=O) groups is 1. The molecule has 0 radical (unpaired) electrons. The summed E-state index contributed by atoms with van der Waals surface area (Å²) in [6.45, 7) is 2.75. The molecule has 0 bridgehead atoms. The molecule has 1 unspecified atom stereocenters. The normalized spacial score (nSPS) is 24.6. The van der Waals surface area contributed by atoms with E-state index in [1.54, 1.807) is 18.2 Å². The quantitative estimate of drug-likeness (QED) is 0.725. The monoisotopic (exact) mass is 426 g/mol. The maximum absolute atomic E-state index is 12.8. The second kappa shape index (κ2) is 7.64. The number of hydrogen-bond donors (Lipinski definition) is 1. The Kier molecular flexibility index (Phi) is 4.73. The molecule has 2 aliphatic heterocycles. The lowest BCUT2D eigenvalue weighted by atomic mass is 9.63. The van der Waals surface area contributed by atoms with E-state index in [9.17, 15) is 4.79 Å². The minimum absolute atomic E-state index is 0.0568. The van der Waals surface area contributed by atoms with Gasteiger partial charge < -0.3 is 10.2 Å². The van der Waals surface area contributed by atoms with Gasteiger partial charge >= 0.3 is 6.03 Å². The molecule has 4 fully saturated rings. The average Bonchev–Trinajstić information content (AvgIpc) is 3.72. The van der Waals surface area contributed by atoms with Crippen LogP contribution in [0.3, 0.4) is 0 Å². The summed E-state index contributed by atoms with van der Waals surface area (Å²) in [4.78, 5) is 17.5. The van der Waals surface area contributed by atoms with Crippen LogP contribution in [0.5, 0.6) is 0 Å². The lowest BCUT2D eigenvalue weighted by Crippen LogP contribution is -2.63. The summed E-state index contributed by atoms with van der Waals surface area (Å²) < 4.78 is 0. The smallest absolute Gasteiger partial charge is 0.321 e. The Morgan fingerprint density at radius 1 is 1.00 bits per heavy atom. The molecule has 1 N–H and O–H groups in total. The highest BCUT2D eigenvalue weighted by Gasteiger charge is 2.57. The minimum Gasteiger partial charge on any atom is -0.324 e. The predicted octanol–water partition coefficient (Wildman–Crippen LogP) is 5.27. The molecule has 2 aromatic rings. The summed E-state index contributed by atoms with van der Waals surface area (Å²) in [6, 6.07) is 20.0. The van der Waals surface area contributed by atoms with Gasteiger partial charge in [-0.3, -0.25) is 4.90 Å². The maximum Gasteiger partial charge on any atom is 0.321 e. The van der Waals surface area contributed by atoms with Gasteiger partial charge in [0, 0.05) is 42.8 Å². The number of anilines is 1. The second-order valence-electron chi connectivity index (χ2n) is 10.2. The first kappa shape index (κ1) is 19.8. The van der Waals surface area contributed by atoms with Crippen molar-refractivity contribution >= 4 is 11.7 Å². The fourth-order valence-corrected chi connectivity index (χ4v) is 5.89. The van der Waals surface area contributed by atoms with Crippen molar-refractivity contribution in [3.63, 3.8) is 0 Å². The number of nitrogens with one attached hydrogen (secondary N) is 1. The van der Waals surface area contributed by atoms with Crippen molar-refractivity contribution in [3.05, 3.63) is 65.2 Å². The van der Waals surface area contributed by atoms with Gasteiger partial charge in [-0.1, -0.05) is 30.3 Å². The van der Waals surface area contributed by atoms with E-state index in [4.69, 9.17) is 5.26 Å². The van der Waals surface area contributed by atoms with Crippen molar-refractivity contribution in [2.75, 3.05) is 25.0 Å². The first-order valence-electron chi connectivity index (χ1n) is 12.1. The van der Waals surface area contributed by atoms with Crippen LogP contribution in [0.25, 0.3) is 0 Å². The minimum atomic E-state index is -0.0568. The molecule has 5 heteroatoms. The molecular formula is C27H30N4O.